The van der Waals surface area contributed by atoms with Crippen LogP contribution in [0.15, 0.2) is 12.1 Å². The molecule has 0 aromatic heterocycles. The molecule has 1 aromatic rings. The van der Waals surface area contributed by atoms with E-state index < -0.39 is 4.92 Å². The quantitative estimate of drug-likeness (QED) is 0.512. The molecule has 1 rings (SSSR count). The summed E-state index contributed by atoms with van der Waals surface area (Å²) in [6.07, 6.45) is 0. The topological polar surface area (TPSA) is 64.4 Å². The van der Waals surface area contributed by atoms with Gasteiger partial charge in [-0.05, 0) is 20.8 Å². The highest BCUT2D eigenvalue weighted by atomic mass is 35.5. The molecule has 0 saturated heterocycles. The molecule has 0 aliphatic carbocycles. The van der Waals surface area contributed by atoms with Crippen LogP contribution in [-0.2, 0) is 0 Å². The molecule has 0 bridgehead atoms. The summed E-state index contributed by atoms with van der Waals surface area (Å²) in [5.74, 6) is 0.120. The van der Waals surface area contributed by atoms with Gasteiger partial charge in [-0.3, -0.25) is 10.1 Å². The molecule has 1 aromatic carbocycles. The molecule has 0 amide bonds. The fourth-order valence-electron chi connectivity index (χ4n) is 1.36. The van der Waals surface area contributed by atoms with Gasteiger partial charge < -0.3 is 10.1 Å². The summed E-state index contributed by atoms with van der Waals surface area (Å²) in [7, 11) is 0. The molecule has 0 aliphatic rings. The van der Waals surface area contributed by atoms with Crippen LogP contribution in [0.3, 0.4) is 0 Å². The maximum atomic E-state index is 10.9. The highest BCUT2D eigenvalue weighted by Gasteiger charge is 2.18. The van der Waals surface area contributed by atoms with Crippen LogP contribution in [0.2, 0.25) is 10.0 Å². The number of hydrogen-bond donors (Lipinski definition) is 1. The zero-order valence-electron chi connectivity index (χ0n) is 11.0. The fraction of sp³-hybridized carbons (Fsp3) is 0.500. The Hall–Kier alpha value is -1.04. The number of benzene rings is 1. The van der Waals surface area contributed by atoms with Gasteiger partial charge >= 0.3 is 5.69 Å². The van der Waals surface area contributed by atoms with Gasteiger partial charge in [-0.15, -0.1) is 0 Å². The molecular formula is C12H16Cl2N2O3. The first-order chi connectivity index (χ1) is 8.70. The average Bonchev–Trinajstić information content (AvgIpc) is 2.27. The van der Waals surface area contributed by atoms with Gasteiger partial charge in [-0.25, -0.2) is 0 Å². The molecular weight excluding hydrogens is 291 g/mol. The molecule has 0 heterocycles. The van der Waals surface area contributed by atoms with Gasteiger partial charge in [0.15, 0.2) is 5.75 Å². The van der Waals surface area contributed by atoms with Crippen LogP contribution < -0.4 is 10.1 Å². The molecule has 0 saturated carbocycles. The minimum absolute atomic E-state index is 0.0348. The molecule has 106 valence electrons. The first-order valence-corrected chi connectivity index (χ1v) is 6.47. The van der Waals surface area contributed by atoms with Gasteiger partial charge in [-0.1, -0.05) is 23.2 Å². The van der Waals surface area contributed by atoms with Crippen molar-refractivity contribution in [2.24, 2.45) is 0 Å². The summed E-state index contributed by atoms with van der Waals surface area (Å²) in [5, 5.41) is 14.5. The van der Waals surface area contributed by atoms with Crippen molar-refractivity contribution >= 4 is 28.9 Å². The van der Waals surface area contributed by atoms with Crippen molar-refractivity contribution in [2.75, 3.05) is 13.2 Å². The number of rotatable bonds is 5. The molecule has 0 aliphatic heterocycles. The molecule has 0 atom stereocenters. The first kappa shape index (κ1) is 16.0. The van der Waals surface area contributed by atoms with E-state index in [4.69, 9.17) is 27.9 Å². The van der Waals surface area contributed by atoms with E-state index in [-0.39, 0.29) is 27.0 Å². The van der Waals surface area contributed by atoms with E-state index >= 15 is 0 Å². The van der Waals surface area contributed by atoms with Gasteiger partial charge in [0.05, 0.1) is 15.0 Å². The van der Waals surface area contributed by atoms with E-state index in [0.717, 1.165) is 0 Å². The highest BCUT2D eigenvalue weighted by molar-refractivity contribution is 6.42. The Kier molecular flexibility index (Phi) is 5.40. The van der Waals surface area contributed by atoms with Crippen LogP contribution in [0.1, 0.15) is 20.8 Å². The normalized spacial score (nSPS) is 11.4. The second-order valence-corrected chi connectivity index (χ2v) is 5.83. The summed E-state index contributed by atoms with van der Waals surface area (Å²) < 4.78 is 5.38. The molecule has 7 heteroatoms. The van der Waals surface area contributed by atoms with Gasteiger partial charge in [0.25, 0.3) is 0 Å². The predicted octanol–water partition coefficient (Wildman–Crippen LogP) is 3.67. The van der Waals surface area contributed by atoms with E-state index in [2.05, 4.69) is 5.32 Å². The molecule has 0 fully saturated rings. The van der Waals surface area contributed by atoms with Gasteiger partial charge in [-0.2, -0.15) is 0 Å². The monoisotopic (exact) mass is 306 g/mol. The van der Waals surface area contributed by atoms with Crippen LogP contribution >= 0.6 is 23.2 Å². The molecule has 0 radical (unpaired) electrons. The summed E-state index contributed by atoms with van der Waals surface area (Å²) >= 11 is 11.6. The summed E-state index contributed by atoms with van der Waals surface area (Å²) in [6.45, 7) is 6.94. The lowest BCUT2D eigenvalue weighted by molar-refractivity contribution is -0.385. The third kappa shape index (κ3) is 5.22. The highest BCUT2D eigenvalue weighted by Crippen LogP contribution is 2.35. The first-order valence-electron chi connectivity index (χ1n) is 5.72. The lowest BCUT2D eigenvalue weighted by Crippen LogP contribution is -2.38. The Morgan fingerprint density at radius 1 is 1.32 bits per heavy atom. The summed E-state index contributed by atoms with van der Waals surface area (Å²) in [4.78, 5) is 10.3. The average molecular weight is 307 g/mol. The van der Waals surface area contributed by atoms with Crippen molar-refractivity contribution in [3.8, 4) is 5.75 Å². The zero-order valence-corrected chi connectivity index (χ0v) is 12.5. The Labute approximate surface area is 122 Å². The maximum absolute atomic E-state index is 10.9. The Morgan fingerprint density at radius 3 is 2.42 bits per heavy atom. The Balaban J connectivity index is 2.72. The number of nitro benzene ring substituents is 1. The number of halogens is 2. The van der Waals surface area contributed by atoms with Crippen LogP contribution in [0.25, 0.3) is 0 Å². The molecule has 19 heavy (non-hydrogen) atoms. The van der Waals surface area contributed by atoms with Crippen molar-refractivity contribution in [3.63, 3.8) is 0 Å². The van der Waals surface area contributed by atoms with Crippen molar-refractivity contribution in [2.45, 2.75) is 26.3 Å². The van der Waals surface area contributed by atoms with Crippen LogP contribution in [0, 0.1) is 10.1 Å². The van der Waals surface area contributed by atoms with Crippen molar-refractivity contribution in [1.82, 2.24) is 5.32 Å². The van der Waals surface area contributed by atoms with E-state index in [1.54, 1.807) is 0 Å². The minimum atomic E-state index is -0.547. The maximum Gasteiger partial charge on any atom is 0.312 e. The lowest BCUT2D eigenvalue weighted by atomic mass is 10.1. The second kappa shape index (κ2) is 6.41. The predicted molar refractivity (Wildman–Crippen MR) is 76.4 cm³/mol. The number of nitrogens with one attached hydrogen (secondary N) is 1. The second-order valence-electron chi connectivity index (χ2n) is 5.02. The lowest BCUT2D eigenvalue weighted by Gasteiger charge is -2.20. The van der Waals surface area contributed by atoms with E-state index in [9.17, 15) is 10.1 Å². The minimum Gasteiger partial charge on any atom is -0.485 e. The van der Waals surface area contributed by atoms with Crippen LogP contribution in [0.5, 0.6) is 5.75 Å². The number of nitro groups is 1. The van der Waals surface area contributed by atoms with Gasteiger partial charge in [0, 0.05) is 24.2 Å². The number of hydrogen-bond acceptors (Lipinski definition) is 4. The van der Waals surface area contributed by atoms with Crippen LogP contribution in [-0.4, -0.2) is 23.6 Å². The van der Waals surface area contributed by atoms with Crippen molar-refractivity contribution in [1.29, 1.82) is 0 Å². The third-order valence-electron chi connectivity index (χ3n) is 2.21. The van der Waals surface area contributed by atoms with E-state index in [1.807, 2.05) is 20.8 Å². The molecule has 1 N–H and O–H groups in total. The summed E-state index contributed by atoms with van der Waals surface area (Å²) in [6, 6.07) is 2.55. The van der Waals surface area contributed by atoms with Gasteiger partial charge in [0.1, 0.15) is 6.61 Å². The van der Waals surface area contributed by atoms with E-state index in [1.165, 1.54) is 12.1 Å². The Bertz CT molecular complexity index is 473. The number of ether oxygens (including phenoxy) is 1. The summed E-state index contributed by atoms with van der Waals surface area (Å²) in [5.41, 5.74) is -0.224. The van der Waals surface area contributed by atoms with E-state index in [0.29, 0.717) is 13.2 Å². The van der Waals surface area contributed by atoms with Gasteiger partial charge in [0.2, 0.25) is 0 Å². The zero-order chi connectivity index (χ0) is 14.6. The smallest absolute Gasteiger partial charge is 0.312 e. The molecule has 0 unspecified atom stereocenters. The third-order valence-corrected chi connectivity index (χ3v) is 2.94. The van der Waals surface area contributed by atoms with Crippen molar-refractivity contribution in [3.05, 3.63) is 32.3 Å². The number of nitrogens with zero attached hydrogens (tertiary/aromatic N) is 1. The van der Waals surface area contributed by atoms with Crippen molar-refractivity contribution < 1.29 is 9.66 Å². The SMILES string of the molecule is CC(C)(C)NCCOc1cc(Cl)c(Cl)cc1[N+](=O)[O-]. The molecule has 5 nitrogen and oxygen atoms in total. The molecule has 0 spiro atoms. The van der Waals surface area contributed by atoms with Crippen LogP contribution in [0.4, 0.5) is 5.69 Å². The largest absolute Gasteiger partial charge is 0.485 e. The standard InChI is InChI=1S/C12H16Cl2N2O3/c1-12(2,3)15-4-5-19-11-7-9(14)8(13)6-10(11)16(17)18/h6-7,15H,4-5H2,1-3H3. The fourth-order valence-corrected chi connectivity index (χ4v) is 1.67. The Morgan fingerprint density at radius 2 is 1.89 bits per heavy atom.